The summed E-state index contributed by atoms with van der Waals surface area (Å²) < 4.78 is 0. The molecule has 0 aliphatic rings. The third-order valence-electron chi connectivity index (χ3n) is 2.69. The maximum absolute atomic E-state index is 9.54. The molecule has 0 radical (unpaired) electrons. The Morgan fingerprint density at radius 2 is 1.10 bits per heavy atom. The third kappa shape index (κ3) is 5.40. The summed E-state index contributed by atoms with van der Waals surface area (Å²) in [5, 5.41) is 19.1. The maximum atomic E-state index is 9.54. The van der Waals surface area contributed by atoms with Crippen LogP contribution in [-0.4, -0.2) is 35.7 Å². The molecule has 0 amide bonds. The van der Waals surface area contributed by atoms with Gasteiger partial charge in [0.25, 0.3) is 0 Å². The largest absolute Gasteiger partial charge is 2.00 e. The monoisotopic (exact) mass is 326 g/mol. The van der Waals surface area contributed by atoms with E-state index in [1.807, 2.05) is 12.1 Å². The summed E-state index contributed by atoms with van der Waals surface area (Å²) in [6.45, 7) is 1.05. The van der Waals surface area contributed by atoms with Gasteiger partial charge in [-0.05, 0) is 24.3 Å². The first kappa shape index (κ1) is 16.9. The van der Waals surface area contributed by atoms with Crippen LogP contribution in [0.5, 0.6) is 11.5 Å². The minimum Gasteiger partial charge on any atom is -0.507 e. The first-order chi connectivity index (χ1) is 9.77. The van der Waals surface area contributed by atoms with Gasteiger partial charge in [0.05, 0.1) is 13.1 Å². The van der Waals surface area contributed by atoms with Gasteiger partial charge in [-0.2, -0.15) is 0 Å². The number of phenolic OH excluding ortho intramolecular Hbond substituents is 2. The van der Waals surface area contributed by atoms with Crippen LogP contribution in [-0.2, 0) is 16.5 Å². The van der Waals surface area contributed by atoms with Crippen molar-refractivity contribution in [3.63, 3.8) is 0 Å². The number of rotatable bonds is 5. The Morgan fingerprint density at radius 1 is 0.714 bits per heavy atom. The molecular weight excluding hydrogens is 311 g/mol. The van der Waals surface area contributed by atoms with Crippen molar-refractivity contribution in [2.45, 2.75) is 0 Å². The first-order valence-corrected chi connectivity index (χ1v) is 6.33. The molecule has 5 heteroatoms. The summed E-state index contributed by atoms with van der Waals surface area (Å²) in [6, 6.07) is 14.1. The second-order valence-electron chi connectivity index (χ2n) is 4.19. The molecule has 0 aliphatic heterocycles. The number of nitrogens with zero attached hydrogens (tertiary/aromatic N) is 2. The number of hydrogen-bond donors (Lipinski definition) is 2. The van der Waals surface area contributed by atoms with Crippen LogP contribution in [0.4, 0.5) is 0 Å². The van der Waals surface area contributed by atoms with Gasteiger partial charge in [-0.1, -0.05) is 24.3 Å². The Balaban J connectivity index is 0.00000220. The average Bonchev–Trinajstić information content (AvgIpc) is 2.46. The van der Waals surface area contributed by atoms with E-state index in [9.17, 15) is 10.2 Å². The van der Waals surface area contributed by atoms with Crippen molar-refractivity contribution in [3.05, 3.63) is 59.7 Å². The van der Waals surface area contributed by atoms with Gasteiger partial charge in [0.1, 0.15) is 11.5 Å². The topological polar surface area (TPSA) is 65.2 Å². The third-order valence-corrected chi connectivity index (χ3v) is 2.69. The molecule has 2 aromatic rings. The normalized spacial score (nSPS) is 10.9. The fraction of sp³-hybridized carbons (Fsp3) is 0.125. The molecule has 0 bridgehead atoms. The second kappa shape index (κ2) is 8.93. The van der Waals surface area contributed by atoms with Gasteiger partial charge < -0.3 is 10.2 Å². The van der Waals surface area contributed by atoms with Gasteiger partial charge in [-0.3, -0.25) is 9.98 Å². The summed E-state index contributed by atoms with van der Waals surface area (Å²) >= 11 is 0. The molecule has 0 saturated heterocycles. The molecule has 2 rings (SSSR count). The molecule has 110 valence electrons. The minimum absolute atomic E-state index is 0. The van der Waals surface area contributed by atoms with Crippen molar-refractivity contribution in [1.29, 1.82) is 0 Å². The quantitative estimate of drug-likeness (QED) is 0.504. The van der Waals surface area contributed by atoms with E-state index < -0.39 is 0 Å². The van der Waals surface area contributed by atoms with Gasteiger partial charge in [-0.15, -0.1) is 0 Å². The van der Waals surface area contributed by atoms with Crippen molar-refractivity contribution in [3.8, 4) is 11.5 Å². The van der Waals surface area contributed by atoms with E-state index >= 15 is 0 Å². The molecular formula is C16H16N2NiO2+2. The van der Waals surface area contributed by atoms with E-state index in [1.165, 1.54) is 0 Å². The van der Waals surface area contributed by atoms with E-state index in [0.717, 1.165) is 0 Å². The predicted octanol–water partition coefficient (Wildman–Crippen LogP) is 2.63. The average molecular weight is 327 g/mol. The molecule has 0 spiro atoms. The fourth-order valence-electron chi connectivity index (χ4n) is 1.63. The standard InChI is InChI=1S/C16H16N2O2.Ni/c19-15-7-3-1-5-13(15)11-17-9-10-18-12-14-6-2-4-8-16(14)20;/h1-8,11-12,19-20H,9-10H2;/q;+2. The van der Waals surface area contributed by atoms with Gasteiger partial charge >= 0.3 is 16.5 Å². The number of hydrogen-bond acceptors (Lipinski definition) is 4. The number of aliphatic imine (C=N–C) groups is 2. The Hall–Kier alpha value is -2.13. The van der Waals surface area contributed by atoms with E-state index in [1.54, 1.807) is 48.8 Å². The molecule has 0 aromatic heterocycles. The Labute approximate surface area is 133 Å². The van der Waals surface area contributed by atoms with Gasteiger partial charge in [0, 0.05) is 23.6 Å². The maximum Gasteiger partial charge on any atom is 2.00 e. The van der Waals surface area contributed by atoms with E-state index in [4.69, 9.17) is 0 Å². The number of phenols is 2. The summed E-state index contributed by atoms with van der Waals surface area (Å²) in [4.78, 5) is 8.39. The van der Waals surface area contributed by atoms with Crippen LogP contribution in [0.2, 0.25) is 0 Å². The molecule has 2 N–H and O–H groups in total. The molecule has 0 unspecified atom stereocenters. The molecule has 0 aliphatic carbocycles. The smallest absolute Gasteiger partial charge is 0.507 e. The van der Waals surface area contributed by atoms with Crippen LogP contribution in [0.15, 0.2) is 58.5 Å². The van der Waals surface area contributed by atoms with Gasteiger partial charge in [0.2, 0.25) is 0 Å². The molecule has 4 nitrogen and oxygen atoms in total. The van der Waals surface area contributed by atoms with Crippen LogP contribution in [0.3, 0.4) is 0 Å². The Bertz CT molecular complexity index is 572. The summed E-state index contributed by atoms with van der Waals surface area (Å²) in [5.74, 6) is 0.433. The fourth-order valence-corrected chi connectivity index (χ4v) is 1.63. The zero-order chi connectivity index (χ0) is 14.2. The Kier molecular flexibility index (Phi) is 7.20. The van der Waals surface area contributed by atoms with Crippen LogP contribution in [0.1, 0.15) is 11.1 Å². The zero-order valence-corrected chi connectivity index (χ0v) is 12.3. The van der Waals surface area contributed by atoms with Crippen molar-refractivity contribution < 1.29 is 26.7 Å². The molecule has 0 fully saturated rings. The van der Waals surface area contributed by atoms with Crippen molar-refractivity contribution >= 4 is 12.4 Å². The molecule has 0 atom stereocenters. The van der Waals surface area contributed by atoms with E-state index in [-0.39, 0.29) is 28.0 Å². The van der Waals surface area contributed by atoms with Crippen LogP contribution in [0, 0.1) is 0 Å². The Morgan fingerprint density at radius 3 is 1.48 bits per heavy atom. The van der Waals surface area contributed by atoms with Crippen LogP contribution < -0.4 is 0 Å². The number of aromatic hydroxyl groups is 2. The molecule has 0 saturated carbocycles. The zero-order valence-electron chi connectivity index (χ0n) is 11.3. The van der Waals surface area contributed by atoms with E-state index in [2.05, 4.69) is 9.98 Å². The van der Waals surface area contributed by atoms with Crippen LogP contribution in [0.25, 0.3) is 0 Å². The first-order valence-electron chi connectivity index (χ1n) is 6.33. The van der Waals surface area contributed by atoms with Crippen molar-refractivity contribution in [2.24, 2.45) is 9.98 Å². The number of benzene rings is 2. The van der Waals surface area contributed by atoms with Gasteiger partial charge in [0.15, 0.2) is 0 Å². The number of para-hydroxylation sites is 2. The molecule has 2 aromatic carbocycles. The summed E-state index contributed by atoms with van der Waals surface area (Å²) in [7, 11) is 0. The van der Waals surface area contributed by atoms with Gasteiger partial charge in [-0.25, -0.2) is 0 Å². The van der Waals surface area contributed by atoms with E-state index in [0.29, 0.717) is 24.2 Å². The van der Waals surface area contributed by atoms with Crippen LogP contribution >= 0.6 is 0 Å². The molecule has 21 heavy (non-hydrogen) atoms. The molecule has 0 heterocycles. The summed E-state index contributed by atoms with van der Waals surface area (Å²) in [5.41, 5.74) is 1.38. The van der Waals surface area contributed by atoms with Crippen molar-refractivity contribution in [2.75, 3.05) is 13.1 Å². The SMILES string of the molecule is Oc1ccccc1C=NCCN=Cc1ccccc1O.[Ni+2]. The van der Waals surface area contributed by atoms with Crippen molar-refractivity contribution in [1.82, 2.24) is 0 Å². The minimum atomic E-state index is 0. The predicted molar refractivity (Wildman–Crippen MR) is 81.1 cm³/mol. The summed E-state index contributed by atoms with van der Waals surface area (Å²) in [6.07, 6.45) is 3.26. The second-order valence-corrected chi connectivity index (χ2v) is 4.19.